The van der Waals surface area contributed by atoms with Gasteiger partial charge < -0.3 is 20.1 Å². The molecule has 1 aromatic carbocycles. The van der Waals surface area contributed by atoms with Gasteiger partial charge in [-0.15, -0.1) is 0 Å². The van der Waals surface area contributed by atoms with Gasteiger partial charge in [0.2, 0.25) is 0 Å². The summed E-state index contributed by atoms with van der Waals surface area (Å²) in [6.45, 7) is 4.61. The Hall–Kier alpha value is -1.41. The molecule has 0 aliphatic carbocycles. The number of benzene rings is 1. The quantitative estimate of drug-likeness (QED) is 0.562. The molecule has 5 atom stereocenters. The molecule has 2 N–H and O–H groups in total. The fourth-order valence-electron chi connectivity index (χ4n) is 4.72. The van der Waals surface area contributed by atoms with E-state index >= 15 is 0 Å². The van der Waals surface area contributed by atoms with Crippen LogP contribution in [-0.4, -0.2) is 68.5 Å². The summed E-state index contributed by atoms with van der Waals surface area (Å²) in [5, 5.41) is 7.33. The predicted octanol–water partition coefficient (Wildman–Crippen LogP) is 2.73. The van der Waals surface area contributed by atoms with Crippen molar-refractivity contribution in [3.8, 4) is 0 Å². The van der Waals surface area contributed by atoms with Crippen LogP contribution in [0, 0.1) is 5.82 Å². The van der Waals surface area contributed by atoms with E-state index in [2.05, 4.69) is 20.5 Å². The van der Waals surface area contributed by atoms with Gasteiger partial charge in [-0.25, -0.2) is 4.39 Å². The van der Waals surface area contributed by atoms with Crippen LogP contribution in [0.5, 0.6) is 0 Å². The third-order valence-corrected chi connectivity index (χ3v) is 6.49. The van der Waals surface area contributed by atoms with Crippen molar-refractivity contribution in [1.82, 2.24) is 15.5 Å². The summed E-state index contributed by atoms with van der Waals surface area (Å²) in [5.41, 5.74) is 0.523. The van der Waals surface area contributed by atoms with Gasteiger partial charge in [-0.2, -0.15) is 0 Å². The maximum atomic E-state index is 14.8. The summed E-state index contributed by atoms with van der Waals surface area (Å²) in [6.07, 6.45) is 3.98. The van der Waals surface area contributed by atoms with Crippen molar-refractivity contribution >= 4 is 17.6 Å². The van der Waals surface area contributed by atoms with Gasteiger partial charge in [0.05, 0.1) is 37.0 Å². The highest BCUT2D eigenvalue weighted by Crippen LogP contribution is 2.34. The minimum Gasteiger partial charge on any atom is -0.376 e. The van der Waals surface area contributed by atoms with Gasteiger partial charge in [0.15, 0.2) is 5.96 Å². The van der Waals surface area contributed by atoms with Crippen LogP contribution in [0.3, 0.4) is 0 Å². The molecule has 0 spiro atoms. The molecule has 3 heterocycles. The Kier molecular flexibility index (Phi) is 6.59. The molecule has 0 aromatic heterocycles. The minimum absolute atomic E-state index is 0.0976. The lowest BCUT2D eigenvalue weighted by Gasteiger charge is -2.38. The van der Waals surface area contributed by atoms with Crippen LogP contribution in [0.4, 0.5) is 4.39 Å². The van der Waals surface area contributed by atoms with Crippen LogP contribution >= 0.6 is 11.6 Å². The molecule has 5 unspecified atom stereocenters. The molecule has 8 heteroatoms. The average molecular weight is 425 g/mol. The first-order chi connectivity index (χ1) is 14.0. The fraction of sp³-hybridized carbons (Fsp3) is 0.667. The lowest BCUT2D eigenvalue weighted by molar-refractivity contribution is -0.0343. The molecular weight excluding hydrogens is 395 g/mol. The predicted molar refractivity (Wildman–Crippen MR) is 112 cm³/mol. The Morgan fingerprint density at radius 3 is 2.93 bits per heavy atom. The Bertz CT molecular complexity index is 729. The molecule has 3 fully saturated rings. The summed E-state index contributed by atoms with van der Waals surface area (Å²) in [5.74, 6) is 0.429. The number of hydrogen-bond acceptors (Lipinski definition) is 4. The van der Waals surface area contributed by atoms with Crippen LogP contribution < -0.4 is 10.6 Å². The lowest BCUT2D eigenvalue weighted by atomic mass is 9.96. The van der Waals surface area contributed by atoms with Gasteiger partial charge in [0.25, 0.3) is 0 Å². The number of hydrogen-bond donors (Lipinski definition) is 2. The average Bonchev–Trinajstić information content (AvgIpc) is 3.32. The molecule has 0 amide bonds. The van der Waals surface area contributed by atoms with E-state index in [0.29, 0.717) is 35.8 Å². The number of morpholine rings is 1. The topological polar surface area (TPSA) is 58.1 Å². The van der Waals surface area contributed by atoms with Crippen LogP contribution in [0.1, 0.15) is 37.8 Å². The third-order valence-electron chi connectivity index (χ3n) is 6.16. The number of fused-ring (bicyclic) bond motifs is 2. The fourth-order valence-corrected chi connectivity index (χ4v) is 5.01. The minimum atomic E-state index is -0.284. The maximum absolute atomic E-state index is 14.8. The molecule has 29 heavy (non-hydrogen) atoms. The smallest absolute Gasteiger partial charge is 0.191 e. The van der Waals surface area contributed by atoms with E-state index in [1.165, 1.54) is 6.07 Å². The lowest BCUT2D eigenvalue weighted by Crippen LogP contribution is -2.51. The summed E-state index contributed by atoms with van der Waals surface area (Å²) in [7, 11) is 1.76. The van der Waals surface area contributed by atoms with E-state index in [0.717, 1.165) is 32.4 Å². The van der Waals surface area contributed by atoms with Gasteiger partial charge in [-0.3, -0.25) is 9.89 Å². The van der Waals surface area contributed by atoms with Gasteiger partial charge in [-0.1, -0.05) is 17.7 Å². The van der Waals surface area contributed by atoms with Gasteiger partial charge in [-0.05, 0) is 38.3 Å². The summed E-state index contributed by atoms with van der Waals surface area (Å²) < 4.78 is 26.4. The van der Waals surface area contributed by atoms with Gasteiger partial charge >= 0.3 is 0 Å². The largest absolute Gasteiger partial charge is 0.376 e. The van der Waals surface area contributed by atoms with E-state index in [9.17, 15) is 4.39 Å². The standard InChI is InChI=1S/C21H30ClFN4O2/c1-13-12-27(8-9-28-13)18(20-15(22)4-3-5-16(20)23)11-25-21(24-2)26-17-10-14-6-7-19(17)29-14/h3-5,13-14,17-19H,6-12H2,1-2H3,(H2,24,25,26). The van der Waals surface area contributed by atoms with E-state index in [1.807, 2.05) is 6.92 Å². The molecule has 3 aliphatic rings. The number of nitrogens with one attached hydrogen (secondary N) is 2. The van der Waals surface area contributed by atoms with Crippen LogP contribution in [0.2, 0.25) is 5.02 Å². The molecule has 3 aliphatic heterocycles. The van der Waals surface area contributed by atoms with E-state index < -0.39 is 0 Å². The number of guanidine groups is 1. The highest BCUT2D eigenvalue weighted by molar-refractivity contribution is 6.31. The third kappa shape index (κ3) is 4.68. The van der Waals surface area contributed by atoms with Gasteiger partial charge in [0, 0.05) is 37.3 Å². The Morgan fingerprint density at radius 2 is 2.28 bits per heavy atom. The zero-order valence-electron chi connectivity index (χ0n) is 17.0. The van der Waals surface area contributed by atoms with Crippen molar-refractivity contribution in [2.75, 3.05) is 33.3 Å². The second-order valence-electron chi connectivity index (χ2n) is 8.14. The normalized spacial score (nSPS) is 31.1. The Morgan fingerprint density at radius 1 is 1.41 bits per heavy atom. The number of ether oxygens (including phenoxy) is 2. The van der Waals surface area contributed by atoms with Gasteiger partial charge in [0.1, 0.15) is 5.82 Å². The molecular formula is C21H30ClFN4O2. The molecule has 0 radical (unpaired) electrons. The second kappa shape index (κ2) is 9.16. The monoisotopic (exact) mass is 424 g/mol. The van der Waals surface area contributed by atoms with Crippen molar-refractivity contribution in [2.24, 2.45) is 4.99 Å². The van der Waals surface area contributed by atoms with Crippen molar-refractivity contribution in [3.63, 3.8) is 0 Å². The zero-order valence-corrected chi connectivity index (χ0v) is 17.8. The van der Waals surface area contributed by atoms with Crippen LogP contribution in [0.15, 0.2) is 23.2 Å². The zero-order chi connectivity index (χ0) is 20.4. The maximum Gasteiger partial charge on any atom is 0.191 e. The highest BCUT2D eigenvalue weighted by atomic mass is 35.5. The highest BCUT2D eigenvalue weighted by Gasteiger charge is 2.41. The molecule has 6 nitrogen and oxygen atoms in total. The molecule has 1 aromatic rings. The number of aliphatic imine (C=N–C) groups is 1. The number of nitrogens with zero attached hydrogens (tertiary/aromatic N) is 2. The molecule has 3 saturated heterocycles. The van der Waals surface area contributed by atoms with Crippen LogP contribution in [0.25, 0.3) is 0 Å². The first-order valence-electron chi connectivity index (χ1n) is 10.5. The number of halogens is 2. The first-order valence-corrected chi connectivity index (χ1v) is 10.8. The second-order valence-corrected chi connectivity index (χ2v) is 8.55. The van der Waals surface area contributed by atoms with E-state index in [4.69, 9.17) is 21.1 Å². The van der Waals surface area contributed by atoms with Crippen molar-refractivity contribution in [1.29, 1.82) is 0 Å². The summed E-state index contributed by atoms with van der Waals surface area (Å²) in [4.78, 5) is 6.61. The van der Waals surface area contributed by atoms with Crippen molar-refractivity contribution < 1.29 is 13.9 Å². The van der Waals surface area contributed by atoms with Crippen molar-refractivity contribution in [3.05, 3.63) is 34.6 Å². The Labute approximate surface area is 176 Å². The van der Waals surface area contributed by atoms with E-state index in [-0.39, 0.29) is 30.1 Å². The first kappa shape index (κ1) is 20.8. The van der Waals surface area contributed by atoms with Crippen molar-refractivity contribution in [2.45, 2.75) is 56.6 Å². The SMILES string of the molecule is CN=C(NCC(c1c(F)cccc1Cl)N1CCOC(C)C1)NC1CC2CCC1O2. The van der Waals surface area contributed by atoms with Crippen LogP contribution in [-0.2, 0) is 9.47 Å². The number of rotatable bonds is 5. The Balaban J connectivity index is 1.47. The molecule has 2 bridgehead atoms. The summed E-state index contributed by atoms with van der Waals surface area (Å²) >= 11 is 6.42. The molecule has 4 rings (SSSR count). The molecule has 0 saturated carbocycles. The summed E-state index contributed by atoms with van der Waals surface area (Å²) in [6, 6.07) is 4.92. The van der Waals surface area contributed by atoms with E-state index in [1.54, 1.807) is 19.2 Å². The molecule has 160 valence electrons.